The topological polar surface area (TPSA) is 51.7 Å². The molecule has 0 saturated heterocycles. The molecule has 0 fully saturated rings. The molecule has 1 aliphatic rings. The summed E-state index contributed by atoms with van der Waals surface area (Å²) in [5.41, 5.74) is 1.99. The Morgan fingerprint density at radius 2 is 1.96 bits per heavy atom. The number of carbonyl (C=O) groups is 1. The van der Waals surface area contributed by atoms with Gasteiger partial charge < -0.3 is 14.4 Å². The van der Waals surface area contributed by atoms with E-state index in [1.165, 1.54) is 0 Å². The number of aromatic nitrogens is 1. The molecule has 0 atom stereocenters. The van der Waals surface area contributed by atoms with E-state index in [0.29, 0.717) is 13.0 Å². The van der Waals surface area contributed by atoms with Gasteiger partial charge in [0.25, 0.3) is 0 Å². The van der Waals surface area contributed by atoms with Gasteiger partial charge in [0, 0.05) is 25.0 Å². The summed E-state index contributed by atoms with van der Waals surface area (Å²) < 4.78 is 10.8. The Morgan fingerprint density at radius 3 is 2.68 bits per heavy atom. The summed E-state index contributed by atoms with van der Waals surface area (Å²) in [4.78, 5) is 19.0. The standard InChI is InChI=1S/C20H24N2O3/c1-3-17(4-2)22(20(23)11-15-6-5-9-21-12-15)13-16-7-8-18-19(10-16)25-14-24-18/h5-10,12,17H,3-4,11,13-14H2,1-2H3. The van der Waals surface area contributed by atoms with Crippen molar-refractivity contribution in [1.29, 1.82) is 0 Å². The molecule has 5 nitrogen and oxygen atoms in total. The summed E-state index contributed by atoms with van der Waals surface area (Å²) >= 11 is 0. The zero-order valence-corrected chi connectivity index (χ0v) is 14.8. The van der Waals surface area contributed by atoms with Gasteiger partial charge >= 0.3 is 0 Å². The van der Waals surface area contributed by atoms with E-state index in [1.807, 2.05) is 35.2 Å². The number of rotatable bonds is 7. The first-order chi connectivity index (χ1) is 12.2. The predicted molar refractivity (Wildman–Crippen MR) is 95.4 cm³/mol. The smallest absolute Gasteiger partial charge is 0.231 e. The van der Waals surface area contributed by atoms with Gasteiger partial charge in [-0.2, -0.15) is 0 Å². The Morgan fingerprint density at radius 1 is 1.16 bits per heavy atom. The average Bonchev–Trinajstić information content (AvgIpc) is 3.10. The summed E-state index contributed by atoms with van der Waals surface area (Å²) in [5.74, 6) is 1.64. The summed E-state index contributed by atoms with van der Waals surface area (Å²) in [6.07, 6.45) is 5.71. The second-order valence-corrected chi connectivity index (χ2v) is 6.22. The lowest BCUT2D eigenvalue weighted by atomic mass is 10.1. The normalized spacial score (nSPS) is 12.4. The molecule has 0 N–H and O–H groups in total. The number of fused-ring (bicyclic) bond motifs is 1. The molecule has 0 radical (unpaired) electrons. The van der Waals surface area contributed by atoms with Gasteiger partial charge in [0.1, 0.15) is 0 Å². The minimum atomic E-state index is 0.124. The van der Waals surface area contributed by atoms with E-state index < -0.39 is 0 Å². The van der Waals surface area contributed by atoms with E-state index in [0.717, 1.165) is 35.5 Å². The number of nitrogens with zero attached hydrogens (tertiary/aromatic N) is 2. The third-order valence-electron chi connectivity index (χ3n) is 4.57. The molecule has 0 aliphatic carbocycles. The van der Waals surface area contributed by atoms with Crippen molar-refractivity contribution >= 4 is 5.91 Å². The lowest BCUT2D eigenvalue weighted by molar-refractivity contribution is -0.133. The van der Waals surface area contributed by atoms with E-state index in [2.05, 4.69) is 18.8 Å². The monoisotopic (exact) mass is 340 g/mol. The summed E-state index contributed by atoms with van der Waals surface area (Å²) in [7, 11) is 0. The van der Waals surface area contributed by atoms with Crippen molar-refractivity contribution in [2.75, 3.05) is 6.79 Å². The van der Waals surface area contributed by atoms with Gasteiger partial charge in [-0.25, -0.2) is 0 Å². The number of pyridine rings is 1. The summed E-state index contributed by atoms with van der Waals surface area (Å²) in [5, 5.41) is 0. The third-order valence-corrected chi connectivity index (χ3v) is 4.57. The minimum Gasteiger partial charge on any atom is -0.454 e. The van der Waals surface area contributed by atoms with Crippen LogP contribution in [0, 0.1) is 0 Å². The van der Waals surface area contributed by atoms with Gasteiger partial charge in [-0.15, -0.1) is 0 Å². The second kappa shape index (κ2) is 8.01. The Bertz CT molecular complexity index is 714. The lowest BCUT2D eigenvalue weighted by Crippen LogP contribution is -2.40. The van der Waals surface area contributed by atoms with Crippen molar-refractivity contribution < 1.29 is 14.3 Å². The molecule has 5 heteroatoms. The van der Waals surface area contributed by atoms with Crippen molar-refractivity contribution in [1.82, 2.24) is 9.88 Å². The van der Waals surface area contributed by atoms with E-state index in [9.17, 15) is 4.79 Å². The van der Waals surface area contributed by atoms with Gasteiger partial charge in [-0.3, -0.25) is 9.78 Å². The van der Waals surface area contributed by atoms with Gasteiger partial charge in [0.15, 0.2) is 11.5 Å². The molecule has 0 bridgehead atoms. The van der Waals surface area contributed by atoms with Gasteiger partial charge in [0.05, 0.1) is 6.42 Å². The van der Waals surface area contributed by atoms with Crippen LogP contribution in [0.1, 0.15) is 37.8 Å². The van der Waals surface area contributed by atoms with Gasteiger partial charge in [-0.05, 0) is 42.2 Å². The number of benzene rings is 1. The number of carbonyl (C=O) groups excluding carboxylic acids is 1. The van der Waals surface area contributed by atoms with Crippen LogP contribution in [0.5, 0.6) is 11.5 Å². The fraction of sp³-hybridized carbons (Fsp3) is 0.400. The maximum atomic E-state index is 13.0. The van der Waals surface area contributed by atoms with Crippen LogP contribution in [0.3, 0.4) is 0 Å². The minimum absolute atomic E-state index is 0.124. The SMILES string of the molecule is CCC(CC)N(Cc1ccc2c(c1)OCO2)C(=O)Cc1cccnc1. The van der Waals surface area contributed by atoms with E-state index in [-0.39, 0.29) is 18.7 Å². The summed E-state index contributed by atoms with van der Waals surface area (Å²) in [6, 6.07) is 9.90. The molecule has 1 aromatic heterocycles. The van der Waals surface area contributed by atoms with Crippen LogP contribution in [0.25, 0.3) is 0 Å². The van der Waals surface area contributed by atoms with Crippen LogP contribution in [-0.4, -0.2) is 28.6 Å². The predicted octanol–water partition coefficient (Wildman–Crippen LogP) is 3.57. The molecule has 0 spiro atoms. The largest absolute Gasteiger partial charge is 0.454 e. The van der Waals surface area contributed by atoms with Crippen LogP contribution >= 0.6 is 0 Å². The molecule has 3 rings (SSSR count). The Balaban J connectivity index is 1.78. The first-order valence-electron chi connectivity index (χ1n) is 8.78. The lowest BCUT2D eigenvalue weighted by Gasteiger charge is -2.31. The Labute approximate surface area is 148 Å². The molecule has 2 aromatic rings. The van der Waals surface area contributed by atoms with E-state index in [1.54, 1.807) is 12.4 Å². The molecule has 2 heterocycles. The molecular formula is C20H24N2O3. The zero-order valence-electron chi connectivity index (χ0n) is 14.8. The molecule has 1 amide bonds. The van der Waals surface area contributed by atoms with Crippen molar-refractivity contribution in [3.63, 3.8) is 0 Å². The molecule has 132 valence electrons. The number of hydrogen-bond acceptors (Lipinski definition) is 4. The zero-order chi connectivity index (χ0) is 17.6. The van der Waals surface area contributed by atoms with Crippen molar-refractivity contribution in [2.45, 2.75) is 45.7 Å². The third kappa shape index (κ3) is 4.10. The molecule has 1 aliphatic heterocycles. The second-order valence-electron chi connectivity index (χ2n) is 6.22. The molecule has 0 saturated carbocycles. The highest BCUT2D eigenvalue weighted by Gasteiger charge is 2.23. The van der Waals surface area contributed by atoms with E-state index in [4.69, 9.17) is 9.47 Å². The highest BCUT2D eigenvalue weighted by molar-refractivity contribution is 5.79. The van der Waals surface area contributed by atoms with Gasteiger partial charge in [-0.1, -0.05) is 26.0 Å². The van der Waals surface area contributed by atoms with Crippen LogP contribution in [-0.2, 0) is 17.8 Å². The maximum absolute atomic E-state index is 13.0. The fourth-order valence-corrected chi connectivity index (χ4v) is 3.17. The molecule has 0 unspecified atom stereocenters. The number of ether oxygens (including phenoxy) is 2. The number of amides is 1. The van der Waals surface area contributed by atoms with Crippen molar-refractivity contribution in [2.24, 2.45) is 0 Å². The average molecular weight is 340 g/mol. The van der Waals surface area contributed by atoms with Crippen molar-refractivity contribution in [3.05, 3.63) is 53.9 Å². The van der Waals surface area contributed by atoms with Crippen LogP contribution < -0.4 is 9.47 Å². The van der Waals surface area contributed by atoms with Gasteiger partial charge in [0.2, 0.25) is 12.7 Å². The molecule has 1 aromatic carbocycles. The molecule has 25 heavy (non-hydrogen) atoms. The first-order valence-corrected chi connectivity index (χ1v) is 8.78. The highest BCUT2D eigenvalue weighted by Crippen LogP contribution is 2.33. The quantitative estimate of drug-likeness (QED) is 0.773. The van der Waals surface area contributed by atoms with Crippen LogP contribution in [0.4, 0.5) is 0 Å². The number of hydrogen-bond donors (Lipinski definition) is 0. The maximum Gasteiger partial charge on any atom is 0.231 e. The fourth-order valence-electron chi connectivity index (χ4n) is 3.17. The van der Waals surface area contributed by atoms with E-state index >= 15 is 0 Å². The summed E-state index contributed by atoms with van der Waals surface area (Å²) in [6.45, 7) is 5.08. The Kier molecular flexibility index (Phi) is 5.53. The Hall–Kier alpha value is -2.56. The highest BCUT2D eigenvalue weighted by atomic mass is 16.7. The van der Waals surface area contributed by atoms with Crippen molar-refractivity contribution in [3.8, 4) is 11.5 Å². The van der Waals surface area contributed by atoms with Crippen LogP contribution in [0.15, 0.2) is 42.7 Å². The molecular weight excluding hydrogens is 316 g/mol. The van der Waals surface area contributed by atoms with Crippen LogP contribution in [0.2, 0.25) is 0 Å². The first kappa shape index (κ1) is 17.3.